The second-order valence-electron chi connectivity index (χ2n) is 6.04. The van der Waals surface area contributed by atoms with Gasteiger partial charge in [-0.05, 0) is 42.9 Å². The van der Waals surface area contributed by atoms with E-state index in [1.54, 1.807) is 17.1 Å². The van der Waals surface area contributed by atoms with Gasteiger partial charge in [0.2, 0.25) is 5.91 Å². The third-order valence-electron chi connectivity index (χ3n) is 4.33. The van der Waals surface area contributed by atoms with Crippen molar-refractivity contribution in [2.45, 2.75) is 32.1 Å². The normalized spacial score (nSPS) is 13.3. The monoisotopic (exact) mass is 343 g/mol. The summed E-state index contributed by atoms with van der Waals surface area (Å²) >= 11 is 0. The lowest BCUT2D eigenvalue weighted by Crippen LogP contribution is -2.38. The molecule has 25 heavy (non-hydrogen) atoms. The van der Waals surface area contributed by atoms with Crippen LogP contribution < -0.4 is 16.0 Å². The van der Waals surface area contributed by atoms with Gasteiger partial charge in [0, 0.05) is 30.8 Å². The molecule has 0 fully saturated rings. The SMILES string of the molecule is C=CCc1cc2c(c(CC=C)c1O)CCC(=O)N2CCCNC(N)=O. The number of urea groups is 1. The summed E-state index contributed by atoms with van der Waals surface area (Å²) in [6.45, 7) is 8.39. The summed E-state index contributed by atoms with van der Waals surface area (Å²) in [6, 6.07) is 1.30. The zero-order chi connectivity index (χ0) is 18.4. The molecular formula is C19H25N3O3. The molecule has 2 rings (SSSR count). The maximum Gasteiger partial charge on any atom is 0.312 e. The molecule has 134 valence electrons. The van der Waals surface area contributed by atoms with Crippen LogP contribution in [0.15, 0.2) is 31.4 Å². The van der Waals surface area contributed by atoms with E-state index in [9.17, 15) is 14.7 Å². The van der Waals surface area contributed by atoms with Gasteiger partial charge in [0.05, 0.1) is 0 Å². The van der Waals surface area contributed by atoms with Gasteiger partial charge in [0.25, 0.3) is 0 Å². The zero-order valence-corrected chi connectivity index (χ0v) is 14.4. The lowest BCUT2D eigenvalue weighted by molar-refractivity contribution is -0.118. The molecule has 1 heterocycles. The first-order chi connectivity index (χ1) is 12.0. The highest BCUT2D eigenvalue weighted by Crippen LogP contribution is 2.39. The van der Waals surface area contributed by atoms with E-state index in [2.05, 4.69) is 18.5 Å². The van der Waals surface area contributed by atoms with Crippen LogP contribution in [0.5, 0.6) is 5.75 Å². The van der Waals surface area contributed by atoms with E-state index in [1.165, 1.54) is 0 Å². The fraction of sp³-hybridized carbons (Fsp3) is 0.368. The average molecular weight is 343 g/mol. The highest BCUT2D eigenvalue weighted by atomic mass is 16.3. The van der Waals surface area contributed by atoms with Crippen LogP contribution in [-0.2, 0) is 24.1 Å². The van der Waals surface area contributed by atoms with Crippen molar-refractivity contribution >= 4 is 17.6 Å². The number of anilines is 1. The van der Waals surface area contributed by atoms with Crippen LogP contribution >= 0.6 is 0 Å². The maximum atomic E-state index is 12.4. The quantitative estimate of drug-likeness (QED) is 0.499. The molecule has 6 heteroatoms. The lowest BCUT2D eigenvalue weighted by atomic mass is 9.90. The van der Waals surface area contributed by atoms with Gasteiger partial charge in [0.15, 0.2) is 0 Å². The number of phenols is 1. The number of benzene rings is 1. The van der Waals surface area contributed by atoms with Crippen LogP contribution in [0.25, 0.3) is 0 Å². The van der Waals surface area contributed by atoms with Crippen LogP contribution in [0.4, 0.5) is 10.5 Å². The van der Waals surface area contributed by atoms with Crippen molar-refractivity contribution in [3.05, 3.63) is 48.1 Å². The second-order valence-corrected chi connectivity index (χ2v) is 6.04. The van der Waals surface area contributed by atoms with Crippen molar-refractivity contribution in [1.82, 2.24) is 5.32 Å². The highest BCUT2D eigenvalue weighted by molar-refractivity contribution is 5.97. The number of nitrogens with one attached hydrogen (secondary N) is 1. The minimum atomic E-state index is -0.572. The van der Waals surface area contributed by atoms with Crippen LogP contribution in [0.2, 0.25) is 0 Å². The topological polar surface area (TPSA) is 95.7 Å². The summed E-state index contributed by atoms with van der Waals surface area (Å²) < 4.78 is 0. The first kappa shape index (κ1) is 18.6. The molecule has 1 aliphatic heterocycles. The Kier molecular flexibility index (Phi) is 6.22. The summed E-state index contributed by atoms with van der Waals surface area (Å²) in [5, 5.41) is 13.1. The number of primary amides is 1. The molecule has 0 unspecified atom stereocenters. The van der Waals surface area contributed by atoms with Crippen molar-refractivity contribution in [3.63, 3.8) is 0 Å². The second kappa shape index (κ2) is 8.37. The van der Waals surface area contributed by atoms with Crippen LogP contribution in [-0.4, -0.2) is 30.1 Å². The molecule has 0 bridgehead atoms. The van der Waals surface area contributed by atoms with E-state index in [1.807, 2.05) is 6.07 Å². The summed E-state index contributed by atoms with van der Waals surface area (Å²) in [5.74, 6) is 0.314. The Labute approximate surface area is 148 Å². The van der Waals surface area contributed by atoms with Gasteiger partial charge in [-0.25, -0.2) is 4.79 Å². The van der Waals surface area contributed by atoms with E-state index in [4.69, 9.17) is 5.73 Å². The van der Waals surface area contributed by atoms with Crippen LogP contribution in [0.1, 0.15) is 29.5 Å². The number of phenolic OH excluding ortho intramolecular Hbond substituents is 1. The largest absolute Gasteiger partial charge is 0.507 e. The number of hydrogen-bond donors (Lipinski definition) is 3. The summed E-state index contributed by atoms with van der Waals surface area (Å²) in [4.78, 5) is 24.9. The molecule has 0 aromatic heterocycles. The van der Waals surface area contributed by atoms with Gasteiger partial charge < -0.3 is 21.1 Å². The van der Waals surface area contributed by atoms with Gasteiger partial charge >= 0.3 is 6.03 Å². The van der Waals surface area contributed by atoms with Crippen molar-refractivity contribution in [2.24, 2.45) is 5.73 Å². The van der Waals surface area contributed by atoms with Gasteiger partial charge in [0.1, 0.15) is 5.75 Å². The Balaban J connectivity index is 2.36. The smallest absolute Gasteiger partial charge is 0.312 e. The number of rotatable bonds is 8. The fourth-order valence-corrected chi connectivity index (χ4v) is 3.20. The van der Waals surface area contributed by atoms with Crippen molar-refractivity contribution in [3.8, 4) is 5.75 Å². The minimum Gasteiger partial charge on any atom is -0.507 e. The van der Waals surface area contributed by atoms with Gasteiger partial charge in [-0.1, -0.05) is 12.2 Å². The van der Waals surface area contributed by atoms with Gasteiger partial charge in [-0.3, -0.25) is 4.79 Å². The first-order valence-corrected chi connectivity index (χ1v) is 8.41. The third-order valence-corrected chi connectivity index (χ3v) is 4.33. The predicted octanol–water partition coefficient (Wildman–Crippen LogP) is 2.19. The highest BCUT2D eigenvalue weighted by Gasteiger charge is 2.28. The fourth-order valence-electron chi connectivity index (χ4n) is 3.20. The molecule has 1 aromatic rings. The Hall–Kier alpha value is -2.76. The number of hydrogen-bond acceptors (Lipinski definition) is 3. The van der Waals surface area contributed by atoms with Crippen LogP contribution in [0, 0.1) is 0 Å². The summed E-state index contributed by atoms with van der Waals surface area (Å²) in [5.41, 5.74) is 8.47. The lowest BCUT2D eigenvalue weighted by Gasteiger charge is -2.32. The summed E-state index contributed by atoms with van der Waals surface area (Å²) in [7, 11) is 0. The van der Waals surface area contributed by atoms with E-state index < -0.39 is 6.03 Å². The van der Waals surface area contributed by atoms with Gasteiger partial charge in [-0.2, -0.15) is 0 Å². The number of carbonyl (C=O) groups is 2. The first-order valence-electron chi connectivity index (χ1n) is 8.41. The molecule has 1 aromatic carbocycles. The Morgan fingerprint density at radius 1 is 1.32 bits per heavy atom. The zero-order valence-electron chi connectivity index (χ0n) is 14.4. The van der Waals surface area contributed by atoms with Crippen molar-refractivity contribution in [1.29, 1.82) is 0 Å². The van der Waals surface area contributed by atoms with Crippen molar-refractivity contribution < 1.29 is 14.7 Å². The number of carbonyl (C=O) groups excluding carboxylic acids is 2. The summed E-state index contributed by atoms with van der Waals surface area (Å²) in [6.07, 6.45) is 6.16. The number of nitrogens with two attached hydrogens (primary N) is 1. The van der Waals surface area contributed by atoms with E-state index in [0.717, 1.165) is 22.4 Å². The minimum absolute atomic E-state index is 0.0476. The molecular weight excluding hydrogens is 318 g/mol. The molecule has 0 atom stereocenters. The number of allylic oxidation sites excluding steroid dienone is 2. The average Bonchev–Trinajstić information content (AvgIpc) is 2.57. The number of fused-ring (bicyclic) bond motifs is 1. The molecule has 0 spiro atoms. The molecule has 1 aliphatic rings. The van der Waals surface area contributed by atoms with E-state index >= 15 is 0 Å². The number of aromatic hydroxyl groups is 1. The number of nitrogens with zero attached hydrogens (tertiary/aromatic N) is 1. The molecule has 0 radical (unpaired) electrons. The van der Waals surface area contributed by atoms with E-state index in [-0.39, 0.29) is 11.7 Å². The van der Waals surface area contributed by atoms with Gasteiger partial charge in [-0.15, -0.1) is 13.2 Å². The molecule has 0 saturated carbocycles. The Morgan fingerprint density at radius 3 is 2.68 bits per heavy atom. The van der Waals surface area contributed by atoms with Crippen molar-refractivity contribution in [2.75, 3.05) is 18.0 Å². The third kappa shape index (κ3) is 4.21. The Bertz CT molecular complexity index is 698. The molecule has 4 N–H and O–H groups in total. The van der Waals surface area contributed by atoms with Crippen LogP contribution in [0.3, 0.4) is 0 Å². The molecule has 0 saturated heterocycles. The molecule has 6 nitrogen and oxygen atoms in total. The number of amides is 3. The standard InChI is InChI=1S/C19H25N3O3/c1-3-6-13-12-16-14(15(7-4-2)18(13)24)8-9-17(23)22(16)11-5-10-21-19(20)25/h3-4,12,24H,1-2,5-11H2,(H3,20,21,25). The molecule has 3 amide bonds. The Morgan fingerprint density at radius 2 is 2.04 bits per heavy atom. The predicted molar refractivity (Wildman–Crippen MR) is 98.8 cm³/mol. The molecule has 0 aliphatic carbocycles. The maximum absolute atomic E-state index is 12.4. The van der Waals surface area contributed by atoms with E-state index in [0.29, 0.717) is 45.2 Å².